The summed E-state index contributed by atoms with van der Waals surface area (Å²) in [6.45, 7) is -0.822. The first-order chi connectivity index (χ1) is 10.6. The summed E-state index contributed by atoms with van der Waals surface area (Å²) in [5, 5.41) is 50.2. The molecule has 0 aromatic carbocycles. The van der Waals surface area contributed by atoms with E-state index in [9.17, 15) is 33.3 Å². The van der Waals surface area contributed by atoms with Crippen LogP contribution < -0.4 is 0 Å². The highest BCUT2D eigenvalue weighted by molar-refractivity contribution is 5.85. The maximum atomic E-state index is 12.7. The van der Waals surface area contributed by atoms with Crippen LogP contribution >= 0.6 is 0 Å². The maximum absolute atomic E-state index is 12.7. The Morgan fingerprint density at radius 2 is 1.87 bits per heavy atom. The number of carboxylic acid groups (broad SMARTS) is 1. The Balaban J connectivity index is 2.47. The molecule has 0 bridgehead atoms. The minimum absolute atomic E-state index is 0.240. The molecule has 1 aliphatic rings. The first-order valence-corrected chi connectivity index (χ1v) is 6.28. The Hall–Kier alpha value is -1.73. The number of nitrogens with zero attached hydrogens (tertiary/aromatic N) is 2. The van der Waals surface area contributed by atoms with E-state index in [1.54, 1.807) is 0 Å². The van der Waals surface area contributed by atoms with Gasteiger partial charge in [-0.25, -0.2) is 9.48 Å². The van der Waals surface area contributed by atoms with Crippen LogP contribution in [0.25, 0.3) is 0 Å². The Labute approximate surface area is 126 Å². The molecule has 12 heteroatoms. The lowest BCUT2D eigenvalue weighted by atomic mass is 9.98. The van der Waals surface area contributed by atoms with E-state index in [-0.39, 0.29) is 10.7 Å². The van der Waals surface area contributed by atoms with Crippen LogP contribution in [0.5, 0.6) is 0 Å². The van der Waals surface area contributed by atoms with Crippen molar-refractivity contribution in [2.24, 2.45) is 0 Å². The van der Waals surface area contributed by atoms with Crippen LogP contribution in [0.1, 0.15) is 22.4 Å². The van der Waals surface area contributed by atoms with Gasteiger partial charge in [0.1, 0.15) is 30.1 Å². The largest absolute Gasteiger partial charge is 0.477 e. The van der Waals surface area contributed by atoms with Crippen LogP contribution in [-0.2, 0) is 10.9 Å². The van der Waals surface area contributed by atoms with Gasteiger partial charge >= 0.3 is 12.1 Å². The maximum Gasteiger partial charge on any atom is 0.435 e. The summed E-state index contributed by atoms with van der Waals surface area (Å²) < 4.78 is 43.3. The van der Waals surface area contributed by atoms with Crippen molar-refractivity contribution in [1.82, 2.24) is 9.78 Å². The van der Waals surface area contributed by atoms with Crippen molar-refractivity contribution < 1.29 is 48.2 Å². The van der Waals surface area contributed by atoms with Crippen molar-refractivity contribution in [3.8, 4) is 0 Å². The number of carbonyl (C=O) groups is 1. The highest BCUT2D eigenvalue weighted by atomic mass is 19.4. The molecule has 0 aliphatic carbocycles. The Kier molecular flexibility index (Phi) is 4.64. The number of aromatic nitrogens is 2. The fraction of sp³-hybridized carbons (Fsp3) is 0.636. The topological polar surface area (TPSA) is 145 Å². The lowest BCUT2D eigenvalue weighted by Gasteiger charge is -2.40. The standard InChI is InChI=1S/C11H13F3N2O7/c12-11(13,14)5-1-3(10(21)22)16(15-5)9-8(20)7(19)6(18)4(2-17)23-9/h1,4,6-9,17-20H,2H2,(H,21,22)/t4-,6-,7+,8-,9-/m1/s1. The molecule has 130 valence electrons. The molecule has 23 heavy (non-hydrogen) atoms. The van der Waals surface area contributed by atoms with E-state index >= 15 is 0 Å². The predicted molar refractivity (Wildman–Crippen MR) is 63.2 cm³/mol. The van der Waals surface area contributed by atoms with Crippen molar-refractivity contribution in [3.63, 3.8) is 0 Å². The summed E-state index contributed by atoms with van der Waals surface area (Å²) in [7, 11) is 0. The minimum Gasteiger partial charge on any atom is -0.477 e. The van der Waals surface area contributed by atoms with Crippen molar-refractivity contribution in [3.05, 3.63) is 17.5 Å². The monoisotopic (exact) mass is 342 g/mol. The average molecular weight is 342 g/mol. The second-order valence-corrected chi connectivity index (χ2v) is 4.88. The Morgan fingerprint density at radius 1 is 1.26 bits per heavy atom. The third kappa shape index (κ3) is 3.16. The first-order valence-electron chi connectivity index (χ1n) is 6.28. The SMILES string of the molecule is O=C(O)c1cc(C(F)(F)F)nn1[C@@H]1O[C@H](CO)[C@@H](O)[C@H](O)[C@H]1O. The van der Waals surface area contributed by atoms with Gasteiger partial charge in [0.2, 0.25) is 0 Å². The molecule has 0 unspecified atom stereocenters. The van der Waals surface area contributed by atoms with Gasteiger partial charge in [-0.3, -0.25) is 0 Å². The number of carboxylic acids is 1. The zero-order valence-corrected chi connectivity index (χ0v) is 11.3. The summed E-state index contributed by atoms with van der Waals surface area (Å²) >= 11 is 0. The van der Waals surface area contributed by atoms with Gasteiger partial charge in [-0.2, -0.15) is 18.3 Å². The molecule has 2 heterocycles. The molecule has 1 aromatic rings. The highest BCUT2D eigenvalue weighted by Gasteiger charge is 2.46. The number of aliphatic hydroxyl groups excluding tert-OH is 4. The van der Waals surface area contributed by atoms with Crippen LogP contribution in [0.3, 0.4) is 0 Å². The van der Waals surface area contributed by atoms with Gasteiger partial charge in [0.15, 0.2) is 11.9 Å². The second kappa shape index (κ2) is 6.05. The summed E-state index contributed by atoms with van der Waals surface area (Å²) in [6, 6.07) is 0.240. The van der Waals surface area contributed by atoms with Gasteiger partial charge in [0.05, 0.1) is 6.61 Å². The van der Waals surface area contributed by atoms with Gasteiger partial charge in [-0.1, -0.05) is 0 Å². The normalized spacial score (nSPS) is 32.0. The minimum atomic E-state index is -4.94. The van der Waals surface area contributed by atoms with E-state index in [4.69, 9.17) is 14.9 Å². The quantitative estimate of drug-likeness (QED) is 0.450. The number of alkyl halides is 3. The van der Waals surface area contributed by atoms with E-state index in [0.717, 1.165) is 0 Å². The van der Waals surface area contributed by atoms with E-state index in [2.05, 4.69) is 5.10 Å². The molecule has 1 aliphatic heterocycles. The Morgan fingerprint density at radius 3 is 2.35 bits per heavy atom. The van der Waals surface area contributed by atoms with Crippen LogP contribution in [0.4, 0.5) is 13.2 Å². The van der Waals surface area contributed by atoms with Crippen molar-refractivity contribution in [2.45, 2.75) is 36.8 Å². The molecule has 5 N–H and O–H groups in total. The van der Waals surface area contributed by atoms with Crippen LogP contribution in [0, 0.1) is 0 Å². The predicted octanol–water partition coefficient (Wildman–Crippen LogP) is -1.43. The smallest absolute Gasteiger partial charge is 0.435 e. The zero-order chi connectivity index (χ0) is 17.5. The number of aliphatic hydroxyl groups is 4. The molecule has 1 fully saturated rings. The molecule has 0 saturated carbocycles. The third-order valence-corrected chi connectivity index (χ3v) is 3.35. The lowest BCUT2D eigenvalue weighted by Crippen LogP contribution is -2.56. The summed E-state index contributed by atoms with van der Waals surface area (Å²) in [4.78, 5) is 11.1. The van der Waals surface area contributed by atoms with Crippen LogP contribution in [0.15, 0.2) is 6.07 Å². The summed E-state index contributed by atoms with van der Waals surface area (Å²) in [5.41, 5.74) is -2.48. The van der Waals surface area contributed by atoms with Crippen molar-refractivity contribution in [1.29, 1.82) is 0 Å². The number of hydrogen-bond acceptors (Lipinski definition) is 7. The van der Waals surface area contributed by atoms with E-state index in [1.807, 2.05) is 0 Å². The van der Waals surface area contributed by atoms with E-state index < -0.39 is 60.8 Å². The third-order valence-electron chi connectivity index (χ3n) is 3.35. The lowest BCUT2D eigenvalue weighted by molar-refractivity contribution is -0.254. The first kappa shape index (κ1) is 17.6. The fourth-order valence-corrected chi connectivity index (χ4v) is 2.17. The molecule has 2 rings (SSSR count). The van der Waals surface area contributed by atoms with Gasteiger partial charge in [-0.05, 0) is 0 Å². The number of aromatic carboxylic acids is 1. The van der Waals surface area contributed by atoms with Gasteiger partial charge in [0.25, 0.3) is 0 Å². The molecular weight excluding hydrogens is 329 g/mol. The summed E-state index contributed by atoms with van der Waals surface area (Å²) in [5.74, 6) is -1.77. The fourth-order valence-electron chi connectivity index (χ4n) is 2.17. The summed E-state index contributed by atoms with van der Waals surface area (Å²) in [6.07, 6.45) is -13.8. The van der Waals surface area contributed by atoms with Crippen LogP contribution in [-0.4, -0.2) is 72.3 Å². The van der Waals surface area contributed by atoms with Gasteiger partial charge in [0, 0.05) is 6.07 Å². The molecule has 9 nitrogen and oxygen atoms in total. The zero-order valence-electron chi connectivity index (χ0n) is 11.3. The second-order valence-electron chi connectivity index (χ2n) is 4.88. The number of halogens is 3. The number of ether oxygens (including phenoxy) is 1. The van der Waals surface area contributed by atoms with Gasteiger partial charge in [-0.15, -0.1) is 0 Å². The Bertz CT molecular complexity index is 589. The molecule has 0 amide bonds. The average Bonchev–Trinajstić information content (AvgIpc) is 2.90. The number of hydrogen-bond donors (Lipinski definition) is 5. The molecule has 1 aromatic heterocycles. The number of rotatable bonds is 3. The molecule has 1 saturated heterocycles. The molecule has 0 spiro atoms. The van der Waals surface area contributed by atoms with Crippen LogP contribution in [0.2, 0.25) is 0 Å². The van der Waals surface area contributed by atoms with Crippen molar-refractivity contribution >= 4 is 5.97 Å². The molecular formula is C11H13F3N2O7. The molecule has 0 radical (unpaired) electrons. The van der Waals surface area contributed by atoms with Gasteiger partial charge < -0.3 is 30.3 Å². The highest BCUT2D eigenvalue weighted by Crippen LogP contribution is 2.33. The molecule has 5 atom stereocenters. The van der Waals surface area contributed by atoms with Crippen molar-refractivity contribution in [2.75, 3.05) is 6.61 Å². The van der Waals surface area contributed by atoms with E-state index in [0.29, 0.717) is 0 Å². The van der Waals surface area contributed by atoms with E-state index in [1.165, 1.54) is 0 Å².